The Morgan fingerprint density at radius 3 is 2.69 bits per heavy atom. The van der Waals surface area contributed by atoms with Gasteiger partial charge in [0.2, 0.25) is 0 Å². The molecule has 4 N–H and O–H groups in total. The highest BCUT2D eigenvalue weighted by Crippen LogP contribution is 2.67. The number of rotatable bonds is 2. The number of carbonyl (C=O) groups is 1. The van der Waals surface area contributed by atoms with Gasteiger partial charge >= 0.3 is 0 Å². The molecule has 0 aromatic heterocycles. The molecule has 0 spiro atoms. The highest BCUT2D eigenvalue weighted by atomic mass is 16.3. The van der Waals surface area contributed by atoms with Gasteiger partial charge < -0.3 is 20.4 Å². The summed E-state index contributed by atoms with van der Waals surface area (Å²) in [6, 6.07) is 0. The van der Waals surface area contributed by atoms with Gasteiger partial charge in [-0.25, -0.2) is 0 Å². The van der Waals surface area contributed by atoms with Crippen LogP contribution < -0.4 is 0 Å². The Hall–Kier alpha value is -1.01. The van der Waals surface area contributed by atoms with Gasteiger partial charge in [0.05, 0.1) is 12.2 Å². The van der Waals surface area contributed by atoms with Crippen LogP contribution in [0.1, 0.15) is 46.0 Å². The first-order valence-corrected chi connectivity index (χ1v) is 9.80. The number of aliphatic hydroxyl groups is 4. The summed E-state index contributed by atoms with van der Waals surface area (Å²) in [5, 5.41) is 41.7. The maximum absolute atomic E-state index is 12.4. The quantitative estimate of drug-likeness (QED) is 0.556. The first-order valence-electron chi connectivity index (χ1n) is 9.80. The lowest BCUT2D eigenvalue weighted by atomic mass is 9.46. The van der Waals surface area contributed by atoms with Gasteiger partial charge in [-0.15, -0.1) is 0 Å². The van der Waals surface area contributed by atoms with Crippen LogP contribution in [0.2, 0.25) is 0 Å². The van der Waals surface area contributed by atoms with E-state index < -0.39 is 35.6 Å². The lowest BCUT2D eigenvalue weighted by Gasteiger charge is -2.59. The monoisotopic (exact) mass is 362 g/mol. The molecule has 3 saturated carbocycles. The zero-order valence-corrected chi connectivity index (χ0v) is 15.6. The molecule has 0 saturated heterocycles. The molecule has 5 nitrogen and oxygen atoms in total. The van der Waals surface area contributed by atoms with Crippen molar-refractivity contribution >= 4 is 5.78 Å². The van der Waals surface area contributed by atoms with Gasteiger partial charge in [-0.3, -0.25) is 4.79 Å². The third kappa shape index (κ3) is 2.15. The molecular formula is C21H30O5. The molecule has 5 heteroatoms. The van der Waals surface area contributed by atoms with Crippen LogP contribution >= 0.6 is 0 Å². The lowest BCUT2D eigenvalue weighted by Crippen LogP contribution is -2.61. The summed E-state index contributed by atoms with van der Waals surface area (Å²) in [5.74, 6) is -0.131. The number of Topliss-reactive ketones (excluding diaryl/α,β-unsaturated/α-hetero) is 1. The minimum atomic E-state index is -1.55. The van der Waals surface area contributed by atoms with Crippen molar-refractivity contribution in [2.45, 2.75) is 63.8 Å². The van der Waals surface area contributed by atoms with Gasteiger partial charge in [0.25, 0.3) is 0 Å². The Labute approximate surface area is 154 Å². The molecule has 2 unspecified atom stereocenters. The topological polar surface area (TPSA) is 98.0 Å². The van der Waals surface area contributed by atoms with Crippen LogP contribution in [0.3, 0.4) is 0 Å². The summed E-state index contributed by atoms with van der Waals surface area (Å²) in [4.78, 5) is 12.4. The summed E-state index contributed by atoms with van der Waals surface area (Å²) in [5.41, 5.74) is -1.35. The molecule has 0 aromatic carbocycles. The van der Waals surface area contributed by atoms with Crippen molar-refractivity contribution in [3.63, 3.8) is 0 Å². The summed E-state index contributed by atoms with van der Waals surface area (Å²) in [6.45, 7) is 3.41. The minimum absolute atomic E-state index is 0.0240. The Morgan fingerprint density at radius 1 is 1.27 bits per heavy atom. The molecule has 4 aliphatic carbocycles. The van der Waals surface area contributed by atoms with Crippen molar-refractivity contribution < 1.29 is 25.2 Å². The zero-order chi connectivity index (χ0) is 18.9. The van der Waals surface area contributed by atoms with Gasteiger partial charge in [0.15, 0.2) is 5.78 Å². The van der Waals surface area contributed by atoms with Crippen LogP contribution in [0.25, 0.3) is 0 Å². The Kier molecular flexibility index (Phi) is 4.05. The number of ketones is 1. The molecule has 4 aliphatic rings. The van der Waals surface area contributed by atoms with Crippen LogP contribution in [0.4, 0.5) is 0 Å². The third-order valence-electron chi connectivity index (χ3n) is 8.35. The maximum atomic E-state index is 12.4. The van der Waals surface area contributed by atoms with Crippen molar-refractivity contribution in [2.75, 3.05) is 6.61 Å². The molecule has 0 heterocycles. The van der Waals surface area contributed by atoms with Crippen LogP contribution in [0, 0.1) is 28.6 Å². The smallest absolute Gasteiger partial charge is 0.190 e. The standard InChI is InChI=1S/C21H30O5/c1-19-7-5-13(23)9-12(19)3-4-14-15-6-8-21(26,17(25)11-22)20(15,2)10-16(24)18(14)19/h5,7,9,13-16,18,22-24,26H,3-4,6,8,10-11H2,1-2H3/t13?,14?,15-,16-,18+,19-,20-,21-/m0/s1. The number of hydrogen-bond donors (Lipinski definition) is 4. The van der Waals surface area contributed by atoms with Crippen molar-refractivity contribution in [1.82, 2.24) is 0 Å². The van der Waals surface area contributed by atoms with Gasteiger partial charge in [-0.1, -0.05) is 37.6 Å². The number of aliphatic hydroxyl groups excluding tert-OH is 3. The van der Waals surface area contributed by atoms with Crippen molar-refractivity contribution in [2.24, 2.45) is 28.6 Å². The first kappa shape index (κ1) is 18.4. The average Bonchev–Trinajstić information content (AvgIpc) is 2.86. The van der Waals surface area contributed by atoms with Gasteiger partial charge in [0.1, 0.15) is 12.2 Å². The van der Waals surface area contributed by atoms with Crippen LogP contribution in [-0.4, -0.2) is 50.6 Å². The average molecular weight is 362 g/mol. The molecule has 144 valence electrons. The Morgan fingerprint density at radius 2 is 2.00 bits per heavy atom. The molecular weight excluding hydrogens is 332 g/mol. The lowest BCUT2D eigenvalue weighted by molar-refractivity contribution is -0.178. The van der Waals surface area contributed by atoms with Crippen molar-refractivity contribution in [3.8, 4) is 0 Å². The second-order valence-electron chi connectivity index (χ2n) is 9.33. The van der Waals surface area contributed by atoms with E-state index in [9.17, 15) is 25.2 Å². The number of carbonyl (C=O) groups excluding carboxylic acids is 1. The van der Waals surface area contributed by atoms with Crippen LogP contribution in [-0.2, 0) is 4.79 Å². The fourth-order valence-electron chi connectivity index (χ4n) is 7.04. The third-order valence-corrected chi connectivity index (χ3v) is 8.35. The van der Waals surface area contributed by atoms with Crippen molar-refractivity contribution in [3.05, 3.63) is 23.8 Å². The Bertz CT molecular complexity index is 684. The summed E-state index contributed by atoms with van der Waals surface area (Å²) in [7, 11) is 0. The van der Waals surface area contributed by atoms with E-state index in [1.165, 1.54) is 5.57 Å². The minimum Gasteiger partial charge on any atom is -0.393 e. The zero-order valence-electron chi connectivity index (χ0n) is 15.6. The second kappa shape index (κ2) is 5.74. The van der Waals surface area contributed by atoms with Crippen molar-refractivity contribution in [1.29, 1.82) is 0 Å². The summed E-state index contributed by atoms with van der Waals surface area (Å²) < 4.78 is 0. The van der Waals surface area contributed by atoms with Gasteiger partial charge in [-0.05, 0) is 43.9 Å². The number of hydrogen-bond acceptors (Lipinski definition) is 5. The van der Waals surface area contributed by atoms with Gasteiger partial charge in [0, 0.05) is 16.7 Å². The molecule has 3 fully saturated rings. The van der Waals surface area contributed by atoms with E-state index in [1.54, 1.807) is 6.08 Å². The predicted molar refractivity (Wildman–Crippen MR) is 96.0 cm³/mol. The molecule has 0 amide bonds. The summed E-state index contributed by atoms with van der Waals surface area (Å²) >= 11 is 0. The molecule has 4 rings (SSSR count). The fourth-order valence-corrected chi connectivity index (χ4v) is 7.04. The van der Waals surface area contributed by atoms with Crippen LogP contribution in [0.15, 0.2) is 23.8 Å². The molecule has 0 aromatic rings. The highest BCUT2D eigenvalue weighted by Gasteiger charge is 2.67. The predicted octanol–water partition coefficient (Wildman–Crippen LogP) is 1.35. The van der Waals surface area contributed by atoms with E-state index in [0.717, 1.165) is 19.3 Å². The Balaban J connectivity index is 1.74. The molecule has 0 radical (unpaired) electrons. The van der Waals surface area contributed by atoms with E-state index in [1.807, 2.05) is 13.0 Å². The van der Waals surface area contributed by atoms with E-state index >= 15 is 0 Å². The molecule has 8 atom stereocenters. The first-order chi connectivity index (χ1) is 12.2. The fraction of sp³-hybridized carbons (Fsp3) is 0.762. The highest BCUT2D eigenvalue weighted by molar-refractivity contribution is 5.89. The van der Waals surface area contributed by atoms with Crippen LogP contribution in [0.5, 0.6) is 0 Å². The SMILES string of the molecule is C[C@]12C=CC(O)C=C1CCC1[C@@H]2[C@@H](O)C[C@@]2(C)[C@H]1CC[C@]2(O)C(=O)CO. The molecule has 0 bridgehead atoms. The van der Waals surface area contributed by atoms with E-state index in [-0.39, 0.29) is 23.2 Å². The summed E-state index contributed by atoms with van der Waals surface area (Å²) in [6.07, 6.45) is 7.80. The normalized spacial score (nSPS) is 52.7. The molecule has 26 heavy (non-hydrogen) atoms. The van der Waals surface area contributed by atoms with Gasteiger partial charge in [-0.2, -0.15) is 0 Å². The number of fused-ring (bicyclic) bond motifs is 5. The van der Waals surface area contributed by atoms with E-state index in [4.69, 9.17) is 0 Å². The second-order valence-corrected chi connectivity index (χ2v) is 9.33. The molecule has 0 aliphatic heterocycles. The van der Waals surface area contributed by atoms with E-state index in [2.05, 4.69) is 13.0 Å². The largest absolute Gasteiger partial charge is 0.393 e. The van der Waals surface area contributed by atoms with E-state index in [0.29, 0.717) is 12.8 Å². The maximum Gasteiger partial charge on any atom is 0.190 e. The number of allylic oxidation sites excluding steroid dienone is 2.